The molecule has 2 N–H and O–H groups in total. The van der Waals surface area contributed by atoms with Gasteiger partial charge in [0.15, 0.2) is 0 Å². The molecule has 0 saturated heterocycles. The Labute approximate surface area is 199 Å². The number of fused-ring (bicyclic) bond motifs is 1. The van der Waals surface area contributed by atoms with Crippen LogP contribution in [0.25, 0.3) is 0 Å². The number of alkyl halides is 3. The van der Waals surface area contributed by atoms with E-state index >= 15 is 0 Å². The van der Waals surface area contributed by atoms with E-state index in [1.807, 2.05) is 36.7 Å². The normalized spacial score (nSPS) is 14.9. The molecular formula is C23H24F3N5O4. The van der Waals surface area contributed by atoms with Crippen LogP contribution in [0.5, 0.6) is 0 Å². The fraction of sp³-hybridized carbons (Fsp3) is 0.348. The number of aliphatic carboxylic acids is 1. The molecule has 1 amide bonds. The maximum absolute atomic E-state index is 12.5. The van der Waals surface area contributed by atoms with Crippen LogP contribution in [0.4, 0.5) is 13.2 Å². The van der Waals surface area contributed by atoms with Crippen molar-refractivity contribution >= 4 is 11.9 Å². The van der Waals surface area contributed by atoms with Gasteiger partial charge >= 0.3 is 12.1 Å². The molecule has 1 aromatic carbocycles. The first kappa shape index (κ1) is 25.8. The van der Waals surface area contributed by atoms with Crippen molar-refractivity contribution in [2.45, 2.75) is 39.1 Å². The van der Waals surface area contributed by atoms with Crippen LogP contribution in [0.3, 0.4) is 0 Å². The summed E-state index contributed by atoms with van der Waals surface area (Å²) >= 11 is 0. The molecule has 0 fully saturated rings. The number of nitrogens with zero attached hydrogens (tertiary/aromatic N) is 4. The van der Waals surface area contributed by atoms with Crippen molar-refractivity contribution in [2.24, 2.45) is 0 Å². The molecule has 9 nitrogen and oxygen atoms in total. The van der Waals surface area contributed by atoms with Crippen LogP contribution in [0.1, 0.15) is 44.7 Å². The monoisotopic (exact) mass is 491 g/mol. The summed E-state index contributed by atoms with van der Waals surface area (Å²) < 4.78 is 39.6. The summed E-state index contributed by atoms with van der Waals surface area (Å²) in [5.41, 5.74) is 5.27. The number of nitrogens with one attached hydrogen (secondary N) is 1. The lowest BCUT2D eigenvalue weighted by atomic mass is 10.1. The number of carbonyl (C=O) groups is 2. The Bertz CT molecular complexity index is 1180. The minimum absolute atomic E-state index is 0.220. The summed E-state index contributed by atoms with van der Waals surface area (Å²) in [6.07, 6.45) is -1.01. The molecule has 0 aliphatic carbocycles. The van der Waals surface area contributed by atoms with Gasteiger partial charge in [-0.15, -0.1) is 0 Å². The van der Waals surface area contributed by atoms with E-state index in [9.17, 15) is 18.0 Å². The highest BCUT2D eigenvalue weighted by molar-refractivity contribution is 5.93. The van der Waals surface area contributed by atoms with E-state index in [1.54, 1.807) is 0 Å². The average molecular weight is 491 g/mol. The number of aryl methyl sites for hydroxylation is 1. The van der Waals surface area contributed by atoms with Gasteiger partial charge in [0.2, 0.25) is 0 Å². The number of amides is 1. The fourth-order valence-electron chi connectivity index (χ4n) is 3.37. The summed E-state index contributed by atoms with van der Waals surface area (Å²) in [7, 11) is 0. The highest BCUT2D eigenvalue weighted by Crippen LogP contribution is 2.25. The van der Waals surface area contributed by atoms with Crippen LogP contribution in [0.15, 0.2) is 42.9 Å². The number of carbonyl (C=O) groups excluding carboxylic acids is 1. The molecule has 1 aliphatic heterocycles. The third-order valence-corrected chi connectivity index (χ3v) is 5.29. The Morgan fingerprint density at radius 2 is 1.89 bits per heavy atom. The molecule has 1 aliphatic rings. The molecule has 3 aromatic rings. The topological polar surface area (TPSA) is 119 Å². The Hall–Kier alpha value is -3.80. The highest BCUT2D eigenvalue weighted by Gasteiger charge is 2.38. The molecule has 4 rings (SSSR count). The van der Waals surface area contributed by atoms with Crippen molar-refractivity contribution in [1.82, 2.24) is 25.1 Å². The molecule has 2 aromatic heterocycles. The molecular weight excluding hydrogens is 467 g/mol. The SMILES string of the molecule is Cc1ncnc(C(=O)NCC2OCCc3cn(Cc4ccccc4)nc32)c1C.O=C(O)C(F)(F)F. The second-order valence-electron chi connectivity index (χ2n) is 7.78. The van der Waals surface area contributed by atoms with Crippen molar-refractivity contribution in [1.29, 1.82) is 0 Å². The summed E-state index contributed by atoms with van der Waals surface area (Å²) in [6, 6.07) is 10.2. The molecule has 0 radical (unpaired) electrons. The number of carboxylic acids is 1. The number of hydrogen-bond acceptors (Lipinski definition) is 6. The van der Waals surface area contributed by atoms with E-state index in [2.05, 4.69) is 33.6 Å². The van der Waals surface area contributed by atoms with Crippen LogP contribution < -0.4 is 5.32 Å². The molecule has 186 valence electrons. The Morgan fingerprint density at radius 3 is 2.54 bits per heavy atom. The largest absolute Gasteiger partial charge is 0.490 e. The van der Waals surface area contributed by atoms with Gasteiger partial charge in [0.25, 0.3) is 5.91 Å². The predicted octanol–water partition coefficient (Wildman–Crippen LogP) is 3.02. The number of carboxylic acid groups (broad SMARTS) is 1. The van der Waals surface area contributed by atoms with Crippen LogP contribution in [-0.2, 0) is 22.5 Å². The van der Waals surface area contributed by atoms with Gasteiger partial charge < -0.3 is 15.2 Å². The number of aromatic nitrogens is 4. The standard InChI is InChI=1S/C21H23N5O2.C2HF3O2/c1-14-15(2)23-13-24-19(14)21(27)22-10-18-20-17(8-9-28-18)12-26(25-20)11-16-6-4-3-5-7-16;3-2(4,5)1(6)7/h3-7,12-13,18H,8-11H2,1-2H3,(H,22,27);(H,6,7). The Morgan fingerprint density at radius 1 is 1.20 bits per heavy atom. The van der Waals surface area contributed by atoms with E-state index in [-0.39, 0.29) is 12.0 Å². The lowest BCUT2D eigenvalue weighted by Gasteiger charge is -2.22. The molecule has 0 saturated carbocycles. The first-order valence-corrected chi connectivity index (χ1v) is 10.6. The van der Waals surface area contributed by atoms with E-state index in [0.717, 1.165) is 23.4 Å². The number of ether oxygens (including phenoxy) is 1. The molecule has 0 bridgehead atoms. The smallest absolute Gasteiger partial charge is 0.475 e. The number of hydrogen-bond donors (Lipinski definition) is 2. The molecule has 12 heteroatoms. The number of halogens is 3. The van der Waals surface area contributed by atoms with Crippen LogP contribution in [-0.4, -0.2) is 56.1 Å². The number of benzene rings is 1. The minimum atomic E-state index is -5.08. The van der Waals surface area contributed by atoms with Crippen molar-refractivity contribution < 1.29 is 32.6 Å². The zero-order valence-corrected chi connectivity index (χ0v) is 19.0. The van der Waals surface area contributed by atoms with Crippen LogP contribution in [0.2, 0.25) is 0 Å². The average Bonchev–Trinajstić information content (AvgIpc) is 3.22. The first-order chi connectivity index (χ1) is 16.6. The van der Waals surface area contributed by atoms with E-state index in [1.165, 1.54) is 17.5 Å². The summed E-state index contributed by atoms with van der Waals surface area (Å²) in [4.78, 5) is 29.7. The van der Waals surface area contributed by atoms with E-state index in [0.29, 0.717) is 25.4 Å². The quantitative estimate of drug-likeness (QED) is 0.563. The van der Waals surface area contributed by atoms with Crippen molar-refractivity contribution in [2.75, 3.05) is 13.2 Å². The maximum Gasteiger partial charge on any atom is 0.490 e. The fourth-order valence-corrected chi connectivity index (χ4v) is 3.37. The van der Waals surface area contributed by atoms with Gasteiger partial charge in [-0.3, -0.25) is 9.48 Å². The van der Waals surface area contributed by atoms with Gasteiger partial charge in [-0.1, -0.05) is 30.3 Å². The van der Waals surface area contributed by atoms with Gasteiger partial charge in [0, 0.05) is 24.0 Å². The van der Waals surface area contributed by atoms with E-state index < -0.39 is 12.1 Å². The molecule has 35 heavy (non-hydrogen) atoms. The molecule has 3 heterocycles. The van der Waals surface area contributed by atoms with Crippen LogP contribution in [0, 0.1) is 13.8 Å². The van der Waals surface area contributed by atoms with Crippen LogP contribution >= 0.6 is 0 Å². The van der Waals surface area contributed by atoms with Crippen molar-refractivity contribution in [3.63, 3.8) is 0 Å². The molecule has 1 unspecified atom stereocenters. The molecule has 0 spiro atoms. The second-order valence-corrected chi connectivity index (χ2v) is 7.78. The van der Waals surface area contributed by atoms with Gasteiger partial charge in [-0.05, 0) is 31.4 Å². The van der Waals surface area contributed by atoms with Crippen molar-refractivity contribution in [3.05, 3.63) is 76.6 Å². The Balaban J connectivity index is 0.000000429. The third kappa shape index (κ3) is 6.85. The maximum atomic E-state index is 12.5. The van der Waals surface area contributed by atoms with Gasteiger partial charge in [-0.25, -0.2) is 14.8 Å². The van der Waals surface area contributed by atoms with Gasteiger partial charge in [0.05, 0.1) is 18.8 Å². The molecule has 1 atom stereocenters. The number of rotatable bonds is 5. The lowest BCUT2D eigenvalue weighted by molar-refractivity contribution is -0.192. The van der Waals surface area contributed by atoms with Crippen molar-refractivity contribution in [3.8, 4) is 0 Å². The third-order valence-electron chi connectivity index (χ3n) is 5.29. The van der Waals surface area contributed by atoms with Gasteiger partial charge in [-0.2, -0.15) is 18.3 Å². The highest BCUT2D eigenvalue weighted by atomic mass is 19.4. The van der Waals surface area contributed by atoms with Gasteiger partial charge in [0.1, 0.15) is 18.1 Å². The Kier molecular flexibility index (Phi) is 8.18. The minimum Gasteiger partial charge on any atom is -0.475 e. The summed E-state index contributed by atoms with van der Waals surface area (Å²) in [6.45, 7) is 5.41. The zero-order valence-electron chi connectivity index (χ0n) is 19.0. The summed E-state index contributed by atoms with van der Waals surface area (Å²) in [5, 5.41) is 14.8. The first-order valence-electron chi connectivity index (χ1n) is 10.6. The second kappa shape index (κ2) is 11.1. The lowest BCUT2D eigenvalue weighted by Crippen LogP contribution is -2.33. The summed E-state index contributed by atoms with van der Waals surface area (Å²) in [5.74, 6) is -2.98. The predicted molar refractivity (Wildman–Crippen MR) is 118 cm³/mol. The zero-order chi connectivity index (χ0) is 25.6. The van der Waals surface area contributed by atoms with E-state index in [4.69, 9.17) is 19.7 Å².